The van der Waals surface area contributed by atoms with E-state index in [9.17, 15) is 19.5 Å². The van der Waals surface area contributed by atoms with Gasteiger partial charge >= 0.3 is 5.97 Å². The van der Waals surface area contributed by atoms with E-state index < -0.39 is 23.7 Å². The summed E-state index contributed by atoms with van der Waals surface area (Å²) in [4.78, 5) is 37.5. The Balaban J connectivity index is 1.83. The van der Waals surface area contributed by atoms with E-state index in [4.69, 9.17) is 5.73 Å². The Morgan fingerprint density at radius 2 is 1.89 bits per heavy atom. The predicted octanol–water partition coefficient (Wildman–Crippen LogP) is 3.58. The Morgan fingerprint density at radius 1 is 1.19 bits per heavy atom. The van der Waals surface area contributed by atoms with Crippen molar-refractivity contribution in [2.45, 2.75) is 64.7 Å². The summed E-state index contributed by atoms with van der Waals surface area (Å²) in [5, 5.41) is 12.8. The van der Waals surface area contributed by atoms with Crippen molar-refractivity contribution in [2.75, 3.05) is 5.32 Å². The first-order valence-corrected chi connectivity index (χ1v) is 10.7. The number of hydrogen-bond donors (Lipinski definition) is 3. The highest BCUT2D eigenvalue weighted by atomic mass is 32.1. The zero-order chi connectivity index (χ0) is 19.6. The number of carbonyl (C=O) groups excluding carboxylic acids is 2. The van der Waals surface area contributed by atoms with Crippen LogP contribution in [0.4, 0.5) is 5.00 Å². The van der Waals surface area contributed by atoms with E-state index in [1.54, 1.807) is 0 Å². The zero-order valence-electron chi connectivity index (χ0n) is 15.8. The minimum absolute atomic E-state index is 0.298. The van der Waals surface area contributed by atoms with Gasteiger partial charge in [-0.3, -0.25) is 14.4 Å². The lowest BCUT2D eigenvalue weighted by Gasteiger charge is -2.27. The van der Waals surface area contributed by atoms with Crippen LogP contribution in [0.2, 0.25) is 0 Å². The Kier molecular flexibility index (Phi) is 6.19. The number of nitrogens with one attached hydrogen (secondary N) is 1. The minimum atomic E-state index is -0.919. The molecule has 0 aliphatic heterocycles. The molecule has 3 rings (SSSR count). The van der Waals surface area contributed by atoms with Gasteiger partial charge in [0.05, 0.1) is 17.4 Å². The van der Waals surface area contributed by atoms with Gasteiger partial charge in [0.25, 0.3) is 5.91 Å². The van der Waals surface area contributed by atoms with E-state index in [0.717, 1.165) is 55.4 Å². The molecule has 1 fully saturated rings. The van der Waals surface area contributed by atoms with Crippen LogP contribution in [0.1, 0.15) is 72.7 Å². The third-order valence-electron chi connectivity index (χ3n) is 5.97. The van der Waals surface area contributed by atoms with E-state index in [1.165, 1.54) is 11.3 Å². The van der Waals surface area contributed by atoms with Gasteiger partial charge in [0.2, 0.25) is 5.91 Å². The van der Waals surface area contributed by atoms with Crippen molar-refractivity contribution in [3.8, 4) is 0 Å². The number of carbonyl (C=O) groups is 3. The number of rotatable bonds is 6. The summed E-state index contributed by atoms with van der Waals surface area (Å²) in [5.41, 5.74) is 7.04. The number of aliphatic carboxylic acids is 1. The Bertz CT molecular complexity index is 743. The van der Waals surface area contributed by atoms with E-state index in [1.807, 2.05) is 0 Å². The number of thiophene rings is 1. The molecule has 4 N–H and O–H groups in total. The quantitative estimate of drug-likeness (QED) is 0.687. The SMILES string of the molecule is CCC[C@@H]1CCc2c(sc(NC(=O)[C@@H]3CCCC[C@@H]3C(=O)O)c2C(N)=O)C1. The van der Waals surface area contributed by atoms with Crippen molar-refractivity contribution < 1.29 is 19.5 Å². The number of nitrogens with two attached hydrogens (primary N) is 1. The molecule has 7 heteroatoms. The maximum Gasteiger partial charge on any atom is 0.307 e. The first-order valence-electron chi connectivity index (χ1n) is 9.90. The molecule has 148 valence electrons. The summed E-state index contributed by atoms with van der Waals surface area (Å²) in [6, 6.07) is 0. The smallest absolute Gasteiger partial charge is 0.307 e. The number of hydrogen-bond acceptors (Lipinski definition) is 4. The zero-order valence-corrected chi connectivity index (χ0v) is 16.6. The Labute approximate surface area is 163 Å². The van der Waals surface area contributed by atoms with Gasteiger partial charge < -0.3 is 16.2 Å². The van der Waals surface area contributed by atoms with Gasteiger partial charge in [-0.2, -0.15) is 0 Å². The Morgan fingerprint density at radius 3 is 2.52 bits per heavy atom. The third-order valence-corrected chi connectivity index (χ3v) is 7.14. The molecule has 1 aromatic heterocycles. The summed E-state index contributed by atoms with van der Waals surface area (Å²) >= 11 is 1.44. The molecule has 27 heavy (non-hydrogen) atoms. The lowest BCUT2D eigenvalue weighted by atomic mass is 9.78. The number of amides is 2. The molecule has 0 aromatic carbocycles. The van der Waals surface area contributed by atoms with Crippen LogP contribution in [0.25, 0.3) is 0 Å². The van der Waals surface area contributed by atoms with Gasteiger partial charge in [0.1, 0.15) is 5.00 Å². The molecule has 2 aliphatic rings. The van der Waals surface area contributed by atoms with Crippen molar-refractivity contribution in [1.82, 2.24) is 0 Å². The van der Waals surface area contributed by atoms with Crippen LogP contribution in [0.3, 0.4) is 0 Å². The van der Waals surface area contributed by atoms with E-state index >= 15 is 0 Å². The highest BCUT2D eigenvalue weighted by Crippen LogP contribution is 2.41. The predicted molar refractivity (Wildman–Crippen MR) is 105 cm³/mol. The molecule has 2 aliphatic carbocycles. The number of anilines is 1. The second-order valence-corrected chi connectivity index (χ2v) is 8.90. The summed E-state index contributed by atoms with van der Waals surface area (Å²) in [6.45, 7) is 2.17. The van der Waals surface area contributed by atoms with E-state index in [-0.39, 0.29) is 5.91 Å². The Hall–Kier alpha value is -1.89. The number of fused-ring (bicyclic) bond motifs is 1. The fourth-order valence-corrected chi connectivity index (χ4v) is 5.97. The van der Waals surface area contributed by atoms with Gasteiger partial charge in [-0.1, -0.05) is 32.6 Å². The van der Waals surface area contributed by atoms with Crippen LogP contribution in [0, 0.1) is 17.8 Å². The fraction of sp³-hybridized carbons (Fsp3) is 0.650. The monoisotopic (exact) mass is 392 g/mol. The highest BCUT2D eigenvalue weighted by molar-refractivity contribution is 7.17. The second kappa shape index (κ2) is 8.42. The maximum atomic E-state index is 12.8. The highest BCUT2D eigenvalue weighted by Gasteiger charge is 2.37. The second-order valence-electron chi connectivity index (χ2n) is 7.79. The first-order chi connectivity index (χ1) is 12.9. The van der Waals surface area contributed by atoms with Crippen LogP contribution in [0.5, 0.6) is 0 Å². The molecule has 1 heterocycles. The molecule has 0 bridgehead atoms. The van der Waals surface area contributed by atoms with E-state index in [2.05, 4.69) is 12.2 Å². The molecule has 1 saturated carbocycles. The molecule has 0 radical (unpaired) electrons. The summed E-state index contributed by atoms with van der Waals surface area (Å²) in [7, 11) is 0. The number of carboxylic acids is 1. The third kappa shape index (κ3) is 4.18. The largest absolute Gasteiger partial charge is 0.481 e. The molecule has 0 spiro atoms. The van der Waals surface area contributed by atoms with Gasteiger partial charge in [-0.15, -0.1) is 11.3 Å². The molecule has 2 amide bonds. The molecule has 6 nitrogen and oxygen atoms in total. The van der Waals surface area contributed by atoms with Crippen LogP contribution >= 0.6 is 11.3 Å². The first kappa shape index (κ1) is 19.9. The van der Waals surface area contributed by atoms with Gasteiger partial charge in [-0.25, -0.2) is 0 Å². The van der Waals surface area contributed by atoms with Crippen molar-refractivity contribution in [1.29, 1.82) is 0 Å². The van der Waals surface area contributed by atoms with Crippen molar-refractivity contribution in [2.24, 2.45) is 23.5 Å². The van der Waals surface area contributed by atoms with Gasteiger partial charge in [-0.05, 0) is 43.6 Å². The topological polar surface area (TPSA) is 109 Å². The van der Waals surface area contributed by atoms with Crippen LogP contribution in [0.15, 0.2) is 0 Å². The van der Waals surface area contributed by atoms with E-state index in [0.29, 0.717) is 29.3 Å². The molecule has 0 unspecified atom stereocenters. The summed E-state index contributed by atoms with van der Waals surface area (Å²) in [6.07, 6.45) is 7.84. The van der Waals surface area contributed by atoms with Gasteiger partial charge in [0, 0.05) is 4.88 Å². The lowest BCUT2D eigenvalue weighted by Crippen LogP contribution is -2.36. The fourth-order valence-electron chi connectivity index (χ4n) is 4.60. The number of carboxylic acid groups (broad SMARTS) is 1. The van der Waals surface area contributed by atoms with Crippen molar-refractivity contribution in [3.05, 3.63) is 16.0 Å². The maximum absolute atomic E-state index is 12.8. The van der Waals surface area contributed by atoms with Crippen LogP contribution in [-0.4, -0.2) is 22.9 Å². The standard InChI is InChI=1S/C20H28N2O4S/c1-2-5-11-8-9-14-15(10-11)27-19(16(14)17(21)23)22-18(24)12-6-3-4-7-13(12)20(25)26/h11-13H,2-10H2,1H3,(H2,21,23)(H,22,24)(H,25,26)/t11-,12-,13+/m1/s1. The minimum Gasteiger partial charge on any atom is -0.481 e. The van der Waals surface area contributed by atoms with Crippen molar-refractivity contribution >= 4 is 34.1 Å². The van der Waals surface area contributed by atoms with Gasteiger partial charge in [0.15, 0.2) is 0 Å². The molecular formula is C20H28N2O4S. The molecule has 1 aromatic rings. The summed E-state index contributed by atoms with van der Waals surface area (Å²) in [5.74, 6) is -2.33. The normalized spacial score (nSPS) is 24.9. The molecule has 0 saturated heterocycles. The average Bonchev–Trinajstić information content (AvgIpc) is 2.99. The average molecular weight is 393 g/mol. The number of primary amides is 1. The van der Waals surface area contributed by atoms with Crippen molar-refractivity contribution in [3.63, 3.8) is 0 Å². The molecular weight excluding hydrogens is 364 g/mol. The summed E-state index contributed by atoms with van der Waals surface area (Å²) < 4.78 is 0. The molecule has 3 atom stereocenters. The van der Waals surface area contributed by atoms with Crippen LogP contribution in [-0.2, 0) is 22.4 Å². The lowest BCUT2D eigenvalue weighted by molar-refractivity contribution is -0.147. The van der Waals surface area contributed by atoms with Crippen LogP contribution < -0.4 is 11.1 Å².